The summed E-state index contributed by atoms with van der Waals surface area (Å²) in [6.07, 6.45) is 7.20. The lowest BCUT2D eigenvalue weighted by Gasteiger charge is -2.47. The molecule has 3 nitrogen and oxygen atoms in total. The fraction of sp³-hybridized carbons (Fsp3) is 0.611. The van der Waals surface area contributed by atoms with Gasteiger partial charge in [-0.25, -0.2) is 4.85 Å². The summed E-state index contributed by atoms with van der Waals surface area (Å²) in [6.45, 7) is 9.66. The van der Waals surface area contributed by atoms with Crippen LogP contribution in [-0.4, -0.2) is 13.2 Å². The zero-order valence-electron chi connectivity index (χ0n) is 13.0. The third kappa shape index (κ3) is 2.22. The molecule has 2 bridgehead atoms. The molecule has 3 unspecified atom stereocenters. The van der Waals surface area contributed by atoms with Gasteiger partial charge in [-0.1, -0.05) is 31.7 Å². The van der Waals surface area contributed by atoms with Gasteiger partial charge in [0.05, 0.1) is 13.7 Å². The van der Waals surface area contributed by atoms with Crippen LogP contribution < -0.4 is 10.5 Å². The minimum atomic E-state index is 0.0203. The van der Waals surface area contributed by atoms with Crippen LogP contribution in [0, 0.1) is 12.5 Å². The lowest BCUT2D eigenvalue weighted by Crippen LogP contribution is -2.52. The van der Waals surface area contributed by atoms with Gasteiger partial charge in [-0.3, -0.25) is 0 Å². The standard InChI is InChI=1S/C18H24N2O/c1-18-8-6-4-5-7-12(17(18)19)9-13-10-15(20-2)16(21-3)11-14(13)18/h10-12,17H,4-9,19H2,1,3H3. The van der Waals surface area contributed by atoms with Gasteiger partial charge in [0.25, 0.3) is 0 Å². The van der Waals surface area contributed by atoms with E-state index in [9.17, 15) is 0 Å². The molecule has 21 heavy (non-hydrogen) atoms. The molecule has 0 aliphatic heterocycles. The highest BCUT2D eigenvalue weighted by atomic mass is 16.5. The average molecular weight is 284 g/mol. The molecule has 0 heterocycles. The molecular weight excluding hydrogens is 260 g/mol. The molecule has 2 aliphatic carbocycles. The first-order chi connectivity index (χ1) is 10.1. The molecule has 0 amide bonds. The van der Waals surface area contributed by atoms with E-state index < -0.39 is 0 Å². The molecule has 0 radical (unpaired) electrons. The largest absolute Gasteiger partial charge is 0.508 e. The van der Waals surface area contributed by atoms with Crippen LogP contribution in [0.5, 0.6) is 5.75 Å². The third-order valence-electron chi connectivity index (χ3n) is 5.64. The Morgan fingerprint density at radius 2 is 2.14 bits per heavy atom. The minimum absolute atomic E-state index is 0.0203. The van der Waals surface area contributed by atoms with E-state index >= 15 is 0 Å². The van der Waals surface area contributed by atoms with Gasteiger partial charge in [0, 0.05) is 11.5 Å². The van der Waals surface area contributed by atoms with Crippen LogP contribution in [0.4, 0.5) is 5.69 Å². The summed E-state index contributed by atoms with van der Waals surface area (Å²) >= 11 is 0. The van der Waals surface area contributed by atoms with Crippen molar-refractivity contribution in [2.24, 2.45) is 11.7 Å². The summed E-state index contributed by atoms with van der Waals surface area (Å²) in [5.41, 5.74) is 9.95. The van der Waals surface area contributed by atoms with Crippen LogP contribution in [-0.2, 0) is 11.8 Å². The molecule has 1 aromatic carbocycles. The van der Waals surface area contributed by atoms with Gasteiger partial charge in [-0.05, 0) is 42.9 Å². The van der Waals surface area contributed by atoms with E-state index in [-0.39, 0.29) is 11.5 Å². The van der Waals surface area contributed by atoms with Gasteiger partial charge in [-0.2, -0.15) is 0 Å². The number of rotatable bonds is 1. The van der Waals surface area contributed by atoms with Gasteiger partial charge in [-0.15, -0.1) is 0 Å². The maximum absolute atomic E-state index is 7.35. The van der Waals surface area contributed by atoms with E-state index in [1.807, 2.05) is 6.07 Å². The van der Waals surface area contributed by atoms with Crippen LogP contribution in [0.3, 0.4) is 0 Å². The summed E-state index contributed by atoms with van der Waals surface area (Å²) in [5, 5.41) is 0. The molecule has 1 fully saturated rings. The predicted molar refractivity (Wildman–Crippen MR) is 84.9 cm³/mol. The molecule has 0 aromatic heterocycles. The highest BCUT2D eigenvalue weighted by Crippen LogP contribution is 2.48. The van der Waals surface area contributed by atoms with E-state index in [0.29, 0.717) is 17.4 Å². The molecule has 3 heteroatoms. The van der Waals surface area contributed by atoms with Crippen LogP contribution in [0.1, 0.15) is 50.2 Å². The molecular formula is C18H24N2O. The van der Waals surface area contributed by atoms with E-state index in [0.717, 1.165) is 12.8 Å². The molecule has 2 aliphatic rings. The van der Waals surface area contributed by atoms with Crippen LogP contribution >= 0.6 is 0 Å². The lowest BCUT2D eigenvalue weighted by atomic mass is 9.60. The summed E-state index contributed by atoms with van der Waals surface area (Å²) in [6, 6.07) is 4.34. The first-order valence-corrected chi connectivity index (χ1v) is 7.94. The summed E-state index contributed by atoms with van der Waals surface area (Å²) in [4.78, 5) is 3.62. The van der Waals surface area contributed by atoms with Gasteiger partial charge in [0.2, 0.25) is 5.69 Å². The number of ether oxygens (including phenoxy) is 1. The maximum atomic E-state index is 7.35. The summed E-state index contributed by atoms with van der Waals surface area (Å²) < 4.78 is 5.42. The molecule has 112 valence electrons. The van der Waals surface area contributed by atoms with E-state index in [2.05, 4.69) is 17.8 Å². The number of hydrogen-bond donors (Lipinski definition) is 1. The van der Waals surface area contributed by atoms with Crippen molar-refractivity contribution >= 4 is 5.69 Å². The highest BCUT2D eigenvalue weighted by molar-refractivity contribution is 5.63. The monoisotopic (exact) mass is 284 g/mol. The summed E-state index contributed by atoms with van der Waals surface area (Å²) in [7, 11) is 1.64. The first-order valence-electron chi connectivity index (χ1n) is 7.94. The second-order valence-corrected chi connectivity index (χ2v) is 6.80. The number of benzene rings is 1. The smallest absolute Gasteiger partial charge is 0.228 e. The van der Waals surface area contributed by atoms with Gasteiger partial charge in [0.15, 0.2) is 0 Å². The summed E-state index contributed by atoms with van der Waals surface area (Å²) in [5.74, 6) is 1.24. The normalized spacial score (nSPS) is 31.5. The third-order valence-corrected chi connectivity index (χ3v) is 5.64. The highest BCUT2D eigenvalue weighted by Gasteiger charge is 2.44. The maximum Gasteiger partial charge on any atom is 0.228 e. The molecule has 1 aromatic rings. The number of methoxy groups -OCH3 is 1. The van der Waals surface area contributed by atoms with Crippen LogP contribution in [0.15, 0.2) is 12.1 Å². The van der Waals surface area contributed by atoms with Gasteiger partial charge in [0.1, 0.15) is 5.75 Å². The second kappa shape index (κ2) is 5.35. The van der Waals surface area contributed by atoms with Crippen molar-refractivity contribution in [2.75, 3.05) is 7.11 Å². The Bertz CT molecular complexity index is 590. The number of nitrogens with zero attached hydrogens (tertiary/aromatic N) is 1. The molecule has 2 N–H and O–H groups in total. The van der Waals surface area contributed by atoms with E-state index in [1.165, 1.54) is 36.8 Å². The zero-order chi connectivity index (χ0) is 15.0. The first kappa shape index (κ1) is 14.4. The number of fused-ring (bicyclic) bond motifs is 4. The van der Waals surface area contributed by atoms with E-state index in [1.54, 1.807) is 7.11 Å². The number of nitrogens with two attached hydrogens (primary N) is 1. The van der Waals surface area contributed by atoms with Crippen molar-refractivity contribution in [1.29, 1.82) is 0 Å². The Kier molecular flexibility index (Phi) is 3.67. The topological polar surface area (TPSA) is 39.6 Å². The molecule has 3 rings (SSSR count). The predicted octanol–water partition coefficient (Wildman–Crippen LogP) is 3.97. The van der Waals surface area contributed by atoms with Crippen molar-refractivity contribution in [3.63, 3.8) is 0 Å². The van der Waals surface area contributed by atoms with Crippen molar-refractivity contribution in [3.05, 3.63) is 34.7 Å². The Morgan fingerprint density at radius 1 is 1.33 bits per heavy atom. The Labute approximate surface area is 127 Å². The lowest BCUT2D eigenvalue weighted by molar-refractivity contribution is 0.201. The molecule has 0 spiro atoms. The van der Waals surface area contributed by atoms with Gasteiger partial charge < -0.3 is 10.5 Å². The molecule has 0 saturated heterocycles. The Morgan fingerprint density at radius 3 is 2.86 bits per heavy atom. The zero-order valence-corrected chi connectivity index (χ0v) is 13.0. The van der Waals surface area contributed by atoms with Crippen molar-refractivity contribution < 1.29 is 4.74 Å². The van der Waals surface area contributed by atoms with Crippen molar-refractivity contribution in [3.8, 4) is 5.75 Å². The quantitative estimate of drug-likeness (QED) is 0.793. The fourth-order valence-corrected chi connectivity index (χ4v) is 4.33. The van der Waals surface area contributed by atoms with Crippen molar-refractivity contribution in [2.45, 2.75) is 56.9 Å². The van der Waals surface area contributed by atoms with Crippen LogP contribution in [0.25, 0.3) is 4.85 Å². The fourth-order valence-electron chi connectivity index (χ4n) is 4.33. The Balaban J connectivity index is 2.16. The number of hydrogen-bond acceptors (Lipinski definition) is 2. The van der Waals surface area contributed by atoms with Crippen LogP contribution in [0.2, 0.25) is 0 Å². The average Bonchev–Trinajstić information content (AvgIpc) is 2.50. The van der Waals surface area contributed by atoms with Crippen molar-refractivity contribution in [1.82, 2.24) is 0 Å². The molecule has 3 atom stereocenters. The Hall–Kier alpha value is -1.53. The minimum Gasteiger partial charge on any atom is -0.508 e. The molecule has 1 saturated carbocycles. The second-order valence-electron chi connectivity index (χ2n) is 6.80. The van der Waals surface area contributed by atoms with Gasteiger partial charge >= 0.3 is 0 Å². The van der Waals surface area contributed by atoms with E-state index in [4.69, 9.17) is 17.0 Å². The SMILES string of the molecule is [C-]#[N+]c1cc2c(cc1OC)C1(C)CCCCCC(C2)C1N.